The number of amides is 1. The van der Waals surface area contributed by atoms with Crippen LogP contribution in [0.15, 0.2) is 58.3 Å². The molecule has 0 saturated carbocycles. The van der Waals surface area contributed by atoms with Crippen LogP contribution in [0.3, 0.4) is 0 Å². The van der Waals surface area contributed by atoms with Gasteiger partial charge in [-0.2, -0.15) is 4.31 Å². The second-order valence-electron chi connectivity index (χ2n) is 6.74. The molecule has 1 heterocycles. The molecule has 1 saturated heterocycles. The van der Waals surface area contributed by atoms with Crippen molar-refractivity contribution >= 4 is 26.0 Å². The number of benzene rings is 2. The number of carbonyl (C=O) groups excluding carboxylic acids is 1. The second kappa shape index (κ2) is 8.80. The van der Waals surface area contributed by atoms with Crippen molar-refractivity contribution in [1.82, 2.24) is 13.9 Å². The molecule has 0 atom stereocenters. The molecule has 0 aromatic heterocycles. The molecule has 1 aliphatic rings. The van der Waals surface area contributed by atoms with Crippen LogP contribution in [0.1, 0.15) is 16.8 Å². The van der Waals surface area contributed by atoms with Gasteiger partial charge in [0.15, 0.2) is 0 Å². The van der Waals surface area contributed by atoms with Gasteiger partial charge in [0, 0.05) is 31.7 Å². The van der Waals surface area contributed by atoms with E-state index in [1.54, 1.807) is 4.90 Å². The zero-order chi connectivity index (χ0) is 21.9. The molecule has 1 aliphatic heterocycles. The third-order valence-electron chi connectivity index (χ3n) is 4.87. The van der Waals surface area contributed by atoms with E-state index >= 15 is 0 Å². The molecule has 1 fully saturated rings. The summed E-state index contributed by atoms with van der Waals surface area (Å²) in [5.74, 6) is -0.820. The highest BCUT2D eigenvalue weighted by Crippen LogP contribution is 2.19. The van der Waals surface area contributed by atoms with Crippen molar-refractivity contribution < 1.29 is 26.0 Å². The fraction of sp³-hybridized carbons (Fsp3) is 0.316. The molecule has 3 rings (SSSR count). The van der Waals surface area contributed by atoms with Crippen molar-refractivity contribution in [1.29, 1.82) is 0 Å². The Morgan fingerprint density at radius 2 is 1.47 bits per heavy atom. The van der Waals surface area contributed by atoms with Crippen LogP contribution < -0.4 is 4.72 Å². The molecule has 0 aliphatic carbocycles. The van der Waals surface area contributed by atoms with Gasteiger partial charge < -0.3 is 4.90 Å². The summed E-state index contributed by atoms with van der Waals surface area (Å²) in [4.78, 5) is 14.4. The van der Waals surface area contributed by atoms with E-state index in [0.29, 0.717) is 18.5 Å². The Morgan fingerprint density at radius 3 is 2.07 bits per heavy atom. The normalized spacial score (nSPS) is 16.3. The number of nitrogens with one attached hydrogen (secondary N) is 1. The Labute approximate surface area is 175 Å². The first-order valence-electron chi connectivity index (χ1n) is 9.24. The highest BCUT2D eigenvalue weighted by atomic mass is 32.2. The monoisotopic (exact) mass is 455 g/mol. The maximum Gasteiger partial charge on any atom is 0.253 e. The molecule has 0 bridgehead atoms. The van der Waals surface area contributed by atoms with E-state index in [1.165, 1.54) is 47.8 Å². The van der Waals surface area contributed by atoms with Crippen molar-refractivity contribution in [3.05, 3.63) is 59.9 Å². The van der Waals surface area contributed by atoms with Gasteiger partial charge >= 0.3 is 0 Å². The van der Waals surface area contributed by atoms with Crippen LogP contribution in [0.5, 0.6) is 0 Å². The standard InChI is InChI=1S/C19H22FN3O5S2/c1-21-29(25,26)17-7-3-15(4-8-17)19(24)22-11-2-12-23(14-13-22)30(27,28)18-9-5-16(20)6-10-18/h3-10,21H,2,11-14H2,1H3. The van der Waals surface area contributed by atoms with Gasteiger partial charge in [0.05, 0.1) is 9.79 Å². The highest BCUT2D eigenvalue weighted by molar-refractivity contribution is 7.89. The van der Waals surface area contributed by atoms with Crippen molar-refractivity contribution in [2.24, 2.45) is 0 Å². The molecule has 1 amide bonds. The van der Waals surface area contributed by atoms with Gasteiger partial charge in [-0.25, -0.2) is 25.9 Å². The summed E-state index contributed by atoms with van der Waals surface area (Å²) in [6.07, 6.45) is 0.443. The van der Waals surface area contributed by atoms with E-state index in [4.69, 9.17) is 0 Å². The molecule has 30 heavy (non-hydrogen) atoms. The molecule has 0 radical (unpaired) electrons. The summed E-state index contributed by atoms with van der Waals surface area (Å²) in [7, 11) is -6.08. The summed E-state index contributed by atoms with van der Waals surface area (Å²) in [6, 6.07) is 10.2. The van der Waals surface area contributed by atoms with Crippen molar-refractivity contribution in [3.63, 3.8) is 0 Å². The lowest BCUT2D eigenvalue weighted by atomic mass is 10.2. The number of hydrogen-bond donors (Lipinski definition) is 1. The van der Waals surface area contributed by atoms with Gasteiger partial charge in [0.2, 0.25) is 20.0 Å². The zero-order valence-corrected chi connectivity index (χ0v) is 17.9. The van der Waals surface area contributed by atoms with Gasteiger partial charge in [-0.3, -0.25) is 4.79 Å². The van der Waals surface area contributed by atoms with Crippen LogP contribution in [0.4, 0.5) is 4.39 Å². The number of nitrogens with zero attached hydrogens (tertiary/aromatic N) is 2. The van der Waals surface area contributed by atoms with Gasteiger partial charge in [-0.1, -0.05) is 0 Å². The minimum Gasteiger partial charge on any atom is -0.337 e. The van der Waals surface area contributed by atoms with Crippen molar-refractivity contribution in [2.45, 2.75) is 16.2 Å². The average Bonchev–Trinajstić information content (AvgIpc) is 3.00. The first-order chi connectivity index (χ1) is 14.1. The van der Waals surface area contributed by atoms with Crippen molar-refractivity contribution in [2.75, 3.05) is 33.2 Å². The zero-order valence-electron chi connectivity index (χ0n) is 16.3. The molecule has 0 unspecified atom stereocenters. The van der Waals surface area contributed by atoms with E-state index < -0.39 is 25.9 Å². The Bertz CT molecular complexity index is 1120. The molecule has 2 aromatic rings. The molecular weight excluding hydrogens is 433 g/mol. The minimum absolute atomic E-state index is 0.00464. The Balaban J connectivity index is 1.72. The molecule has 162 valence electrons. The second-order valence-corrected chi connectivity index (χ2v) is 10.6. The SMILES string of the molecule is CNS(=O)(=O)c1ccc(C(=O)N2CCCN(S(=O)(=O)c3ccc(F)cc3)CC2)cc1. The number of hydrogen-bond acceptors (Lipinski definition) is 5. The van der Waals surface area contributed by atoms with E-state index in [-0.39, 0.29) is 35.3 Å². The maximum absolute atomic E-state index is 13.1. The predicted octanol–water partition coefficient (Wildman–Crippen LogP) is 1.27. The third-order valence-corrected chi connectivity index (χ3v) is 8.22. The van der Waals surface area contributed by atoms with Crippen LogP contribution in [-0.4, -0.2) is 65.2 Å². The van der Waals surface area contributed by atoms with E-state index in [9.17, 15) is 26.0 Å². The molecule has 2 aromatic carbocycles. The van der Waals surface area contributed by atoms with Crippen LogP contribution in [0.2, 0.25) is 0 Å². The summed E-state index contributed by atoms with van der Waals surface area (Å²) < 4.78 is 65.8. The largest absolute Gasteiger partial charge is 0.337 e. The predicted molar refractivity (Wildman–Crippen MR) is 108 cm³/mol. The molecule has 11 heteroatoms. The number of rotatable bonds is 5. The molecule has 8 nitrogen and oxygen atoms in total. The Morgan fingerprint density at radius 1 is 0.867 bits per heavy atom. The Hall–Kier alpha value is -2.34. The lowest BCUT2D eigenvalue weighted by Crippen LogP contribution is -2.37. The van der Waals surface area contributed by atoms with E-state index in [1.807, 2.05) is 0 Å². The number of halogens is 1. The summed E-state index contributed by atoms with van der Waals surface area (Å²) in [6.45, 7) is 0.904. The van der Waals surface area contributed by atoms with E-state index in [0.717, 1.165) is 12.1 Å². The molecule has 1 N–H and O–H groups in total. The minimum atomic E-state index is -3.79. The van der Waals surface area contributed by atoms with Crippen LogP contribution in [0.25, 0.3) is 0 Å². The fourth-order valence-corrected chi connectivity index (χ4v) is 5.37. The van der Waals surface area contributed by atoms with E-state index in [2.05, 4.69) is 4.72 Å². The van der Waals surface area contributed by atoms with Gasteiger partial charge in [0.25, 0.3) is 5.91 Å². The lowest BCUT2D eigenvalue weighted by molar-refractivity contribution is 0.0764. The summed E-state index contributed by atoms with van der Waals surface area (Å²) in [5, 5.41) is 0. The van der Waals surface area contributed by atoms with Gasteiger partial charge in [-0.05, 0) is 62.0 Å². The lowest BCUT2D eigenvalue weighted by Gasteiger charge is -2.22. The van der Waals surface area contributed by atoms with Gasteiger partial charge in [-0.15, -0.1) is 0 Å². The summed E-state index contributed by atoms with van der Waals surface area (Å²) >= 11 is 0. The van der Waals surface area contributed by atoms with Gasteiger partial charge in [0.1, 0.15) is 5.82 Å². The maximum atomic E-state index is 13.1. The van der Waals surface area contributed by atoms with Crippen LogP contribution >= 0.6 is 0 Å². The topological polar surface area (TPSA) is 104 Å². The number of carbonyl (C=O) groups is 1. The highest BCUT2D eigenvalue weighted by Gasteiger charge is 2.28. The van der Waals surface area contributed by atoms with Crippen molar-refractivity contribution in [3.8, 4) is 0 Å². The smallest absolute Gasteiger partial charge is 0.253 e. The first kappa shape index (κ1) is 22.3. The quantitative estimate of drug-likeness (QED) is 0.731. The fourth-order valence-electron chi connectivity index (χ4n) is 3.17. The summed E-state index contributed by atoms with van der Waals surface area (Å²) in [5.41, 5.74) is 0.319. The molecule has 0 spiro atoms. The average molecular weight is 456 g/mol. The van der Waals surface area contributed by atoms with Crippen LogP contribution in [-0.2, 0) is 20.0 Å². The third kappa shape index (κ3) is 4.69. The molecular formula is C19H22FN3O5S2. The number of sulfonamides is 2. The van der Waals surface area contributed by atoms with Crippen LogP contribution in [0, 0.1) is 5.82 Å². The Kier molecular flexibility index (Phi) is 6.56. The first-order valence-corrected chi connectivity index (χ1v) is 12.2.